The van der Waals surface area contributed by atoms with Crippen molar-refractivity contribution in [3.05, 3.63) is 22.4 Å². The van der Waals surface area contributed by atoms with Crippen LogP contribution in [0.1, 0.15) is 36.6 Å². The molecule has 0 radical (unpaired) electrons. The van der Waals surface area contributed by atoms with Crippen LogP contribution >= 0.6 is 35.3 Å². The predicted octanol–water partition coefficient (Wildman–Crippen LogP) is 2.56. The van der Waals surface area contributed by atoms with Crippen molar-refractivity contribution in [2.75, 3.05) is 73.0 Å². The van der Waals surface area contributed by atoms with Crippen LogP contribution < -0.4 is 5.32 Å². The van der Waals surface area contributed by atoms with E-state index >= 15 is 0 Å². The summed E-state index contributed by atoms with van der Waals surface area (Å²) in [6.07, 6.45) is 4.83. The summed E-state index contributed by atoms with van der Waals surface area (Å²) in [6, 6.07) is 4.94. The van der Waals surface area contributed by atoms with Gasteiger partial charge in [0.25, 0.3) is 0 Å². The predicted molar refractivity (Wildman–Crippen MR) is 143 cm³/mol. The van der Waals surface area contributed by atoms with Crippen LogP contribution in [0.4, 0.5) is 0 Å². The zero-order chi connectivity index (χ0) is 21.6. The largest absolute Gasteiger partial charge is 0.356 e. The number of amides is 1. The molecule has 0 spiro atoms. The Hall–Kier alpha value is -0.910. The average Bonchev–Trinajstić information content (AvgIpc) is 3.50. The first-order chi connectivity index (χ1) is 15.2. The van der Waals surface area contributed by atoms with E-state index in [1.54, 1.807) is 0 Å². The van der Waals surface area contributed by atoms with E-state index in [1.165, 1.54) is 24.3 Å². The van der Waals surface area contributed by atoms with E-state index in [-0.39, 0.29) is 24.0 Å². The maximum atomic E-state index is 12.4. The first-order valence-corrected chi connectivity index (χ1v) is 12.7. The molecule has 1 aromatic rings. The average molecular weight is 575 g/mol. The van der Waals surface area contributed by atoms with Crippen LogP contribution in [0, 0.1) is 5.92 Å². The molecular weight excluding hydrogens is 535 g/mol. The summed E-state index contributed by atoms with van der Waals surface area (Å²) in [5.74, 6) is 1.90. The third-order valence-corrected chi connectivity index (χ3v) is 8.01. The van der Waals surface area contributed by atoms with Gasteiger partial charge in [-0.2, -0.15) is 0 Å². The number of carbonyl (C=O) groups is 1. The molecule has 2 unspecified atom stereocenters. The highest BCUT2D eigenvalue weighted by molar-refractivity contribution is 14.0. The van der Waals surface area contributed by atoms with Gasteiger partial charge in [0.15, 0.2) is 5.96 Å². The monoisotopic (exact) mass is 574 g/mol. The van der Waals surface area contributed by atoms with Gasteiger partial charge < -0.3 is 15.1 Å². The number of hydrogen-bond acceptors (Lipinski definition) is 5. The number of halogens is 1. The molecule has 3 saturated heterocycles. The fourth-order valence-corrected chi connectivity index (χ4v) is 6.30. The summed E-state index contributed by atoms with van der Waals surface area (Å²) in [5, 5.41) is 5.87. The van der Waals surface area contributed by atoms with Crippen molar-refractivity contribution in [3.8, 4) is 0 Å². The molecule has 3 fully saturated rings. The Morgan fingerprint density at radius 3 is 2.50 bits per heavy atom. The van der Waals surface area contributed by atoms with E-state index in [0.29, 0.717) is 24.4 Å². The highest BCUT2D eigenvalue weighted by atomic mass is 127. The number of rotatable bonds is 5. The summed E-state index contributed by atoms with van der Waals surface area (Å²) in [7, 11) is 4.14. The summed E-state index contributed by atoms with van der Waals surface area (Å²) >= 11 is 1.87. The summed E-state index contributed by atoms with van der Waals surface area (Å²) < 4.78 is 0. The molecule has 1 aromatic heterocycles. The lowest BCUT2D eigenvalue weighted by Gasteiger charge is -2.40. The van der Waals surface area contributed by atoms with Crippen LogP contribution in [0.15, 0.2) is 22.5 Å². The lowest BCUT2D eigenvalue weighted by atomic mass is 9.88. The molecule has 32 heavy (non-hydrogen) atoms. The molecule has 4 rings (SSSR count). The molecule has 1 N–H and O–H groups in total. The number of guanidine groups is 1. The number of thiophene rings is 1. The Morgan fingerprint density at radius 2 is 1.84 bits per heavy atom. The van der Waals surface area contributed by atoms with Crippen molar-refractivity contribution in [2.45, 2.75) is 31.7 Å². The zero-order valence-corrected chi connectivity index (χ0v) is 22.7. The van der Waals surface area contributed by atoms with Crippen molar-refractivity contribution < 1.29 is 4.79 Å². The van der Waals surface area contributed by atoms with E-state index in [4.69, 9.17) is 0 Å². The van der Waals surface area contributed by atoms with Crippen molar-refractivity contribution in [3.63, 3.8) is 0 Å². The highest BCUT2D eigenvalue weighted by Crippen LogP contribution is 2.36. The van der Waals surface area contributed by atoms with Crippen LogP contribution in [0.5, 0.6) is 0 Å². The van der Waals surface area contributed by atoms with Crippen LogP contribution in [-0.2, 0) is 4.79 Å². The maximum Gasteiger partial charge on any atom is 0.236 e. The minimum Gasteiger partial charge on any atom is -0.356 e. The van der Waals surface area contributed by atoms with Crippen LogP contribution in [0.2, 0.25) is 0 Å². The van der Waals surface area contributed by atoms with E-state index in [1.807, 2.05) is 23.3 Å². The molecule has 2 atom stereocenters. The zero-order valence-electron chi connectivity index (χ0n) is 19.5. The van der Waals surface area contributed by atoms with Crippen molar-refractivity contribution >= 4 is 47.2 Å². The van der Waals surface area contributed by atoms with Crippen LogP contribution in [0.25, 0.3) is 0 Å². The molecular formula is C23H39IN6OS. The molecule has 3 aliphatic heterocycles. The second kappa shape index (κ2) is 12.5. The Balaban J connectivity index is 0.00000289. The SMILES string of the molecule is CN=C(NCC1CCCN(C)C1c1cccs1)N1CCN(CC(=O)N2CCCC2)CC1.I. The number of nitrogens with zero attached hydrogens (tertiary/aromatic N) is 5. The van der Waals surface area contributed by atoms with Crippen molar-refractivity contribution in [1.29, 1.82) is 0 Å². The van der Waals surface area contributed by atoms with Gasteiger partial charge in [-0.05, 0) is 56.6 Å². The first kappa shape index (κ1) is 25.7. The molecule has 3 aliphatic rings. The number of likely N-dealkylation sites (tertiary alicyclic amines) is 2. The molecule has 0 aliphatic carbocycles. The molecule has 1 amide bonds. The van der Waals surface area contributed by atoms with E-state index in [2.05, 4.69) is 49.6 Å². The van der Waals surface area contributed by atoms with Gasteiger partial charge in [0.05, 0.1) is 6.54 Å². The molecule has 180 valence electrons. The smallest absolute Gasteiger partial charge is 0.236 e. The normalized spacial score (nSPS) is 25.6. The molecule has 0 saturated carbocycles. The topological polar surface area (TPSA) is 54.4 Å². The van der Waals surface area contributed by atoms with Gasteiger partial charge in [-0.15, -0.1) is 35.3 Å². The van der Waals surface area contributed by atoms with Gasteiger partial charge in [0, 0.05) is 63.8 Å². The highest BCUT2D eigenvalue weighted by Gasteiger charge is 2.32. The van der Waals surface area contributed by atoms with Crippen molar-refractivity contribution in [1.82, 2.24) is 24.9 Å². The van der Waals surface area contributed by atoms with E-state index < -0.39 is 0 Å². The second-order valence-electron chi connectivity index (χ2n) is 9.12. The number of hydrogen-bond donors (Lipinski definition) is 1. The maximum absolute atomic E-state index is 12.4. The van der Waals surface area contributed by atoms with Crippen molar-refractivity contribution in [2.24, 2.45) is 10.9 Å². The Kier molecular flexibility index (Phi) is 10.1. The summed E-state index contributed by atoms with van der Waals surface area (Å²) in [6.45, 7) is 8.26. The lowest BCUT2D eigenvalue weighted by Crippen LogP contribution is -2.55. The van der Waals surface area contributed by atoms with E-state index in [9.17, 15) is 4.79 Å². The number of aliphatic imine (C=N–C) groups is 1. The van der Waals surface area contributed by atoms with Crippen LogP contribution in [0.3, 0.4) is 0 Å². The van der Waals surface area contributed by atoms with E-state index in [0.717, 1.165) is 64.6 Å². The third-order valence-electron chi connectivity index (χ3n) is 7.07. The van der Waals surface area contributed by atoms with Gasteiger partial charge in [-0.1, -0.05) is 6.07 Å². The summed E-state index contributed by atoms with van der Waals surface area (Å²) in [4.78, 5) is 27.7. The molecule has 0 bridgehead atoms. The van der Waals surface area contributed by atoms with Gasteiger partial charge in [0.2, 0.25) is 5.91 Å². The van der Waals surface area contributed by atoms with Crippen LogP contribution in [-0.4, -0.2) is 104 Å². The molecule has 0 aromatic carbocycles. The Morgan fingerprint density at radius 1 is 1.09 bits per heavy atom. The van der Waals surface area contributed by atoms with Gasteiger partial charge in [-0.3, -0.25) is 19.6 Å². The fourth-order valence-electron chi connectivity index (χ4n) is 5.31. The van der Waals surface area contributed by atoms with Gasteiger partial charge >= 0.3 is 0 Å². The number of carbonyl (C=O) groups excluding carboxylic acids is 1. The molecule has 4 heterocycles. The Bertz CT molecular complexity index is 731. The third kappa shape index (κ3) is 6.36. The summed E-state index contributed by atoms with van der Waals surface area (Å²) in [5.41, 5.74) is 0. The quantitative estimate of drug-likeness (QED) is 0.333. The molecule has 9 heteroatoms. The fraction of sp³-hybridized carbons (Fsp3) is 0.739. The lowest BCUT2D eigenvalue weighted by molar-refractivity contribution is -0.131. The number of piperazine rings is 1. The Labute approximate surface area is 214 Å². The van der Waals surface area contributed by atoms with Gasteiger partial charge in [0.1, 0.15) is 0 Å². The minimum atomic E-state index is 0. The number of nitrogens with one attached hydrogen (secondary N) is 1. The van der Waals surface area contributed by atoms with Gasteiger partial charge in [-0.25, -0.2) is 0 Å². The minimum absolute atomic E-state index is 0. The standard InChI is InChI=1S/C23H38N6OS.HI/c1-24-23(25-17-19-7-5-9-26(2)22(19)20-8-6-16-31-20)29-14-12-27(13-15-29)18-21(30)28-10-3-4-11-28;/h6,8,16,19,22H,3-5,7,9-15,17-18H2,1-2H3,(H,24,25);1H. The molecule has 7 nitrogen and oxygen atoms in total. The second-order valence-corrected chi connectivity index (χ2v) is 10.1. The first-order valence-electron chi connectivity index (χ1n) is 11.8. The number of piperidine rings is 1.